The Hall–Kier alpha value is -3.54. The number of aromatic hydroxyl groups is 1. The molecule has 3 aromatic rings. The first-order chi connectivity index (χ1) is 14.5. The van der Waals surface area contributed by atoms with E-state index in [-0.39, 0.29) is 23.4 Å². The highest BCUT2D eigenvalue weighted by atomic mass is 16.5. The van der Waals surface area contributed by atoms with Gasteiger partial charge in [-0.25, -0.2) is 0 Å². The van der Waals surface area contributed by atoms with Crippen molar-refractivity contribution < 1.29 is 19.2 Å². The van der Waals surface area contributed by atoms with Crippen LogP contribution in [-0.4, -0.2) is 23.2 Å². The first-order valence-electron chi connectivity index (χ1n) is 9.97. The summed E-state index contributed by atoms with van der Waals surface area (Å²) in [6.45, 7) is 1.90. The predicted octanol–water partition coefficient (Wildman–Crippen LogP) is 4.66. The number of hydrogen-bond acceptors (Lipinski definition) is 6. The largest absolute Gasteiger partial charge is 0.508 e. The first-order valence-corrected chi connectivity index (χ1v) is 9.97. The molecular weight excluding hydrogens is 380 g/mol. The van der Waals surface area contributed by atoms with Crippen LogP contribution in [0.5, 0.6) is 11.5 Å². The second-order valence-corrected chi connectivity index (χ2v) is 7.86. The molecule has 0 fully saturated rings. The van der Waals surface area contributed by atoms with E-state index in [1.807, 2.05) is 43.3 Å². The van der Waals surface area contributed by atoms with Crippen molar-refractivity contribution in [2.45, 2.75) is 31.6 Å². The number of Topliss-reactive ketones (excluding diaryl/α,β-unsaturated/α-hetero) is 1. The van der Waals surface area contributed by atoms with Crippen molar-refractivity contribution in [2.24, 2.45) is 0 Å². The molecule has 2 heterocycles. The van der Waals surface area contributed by atoms with Crippen LogP contribution >= 0.6 is 0 Å². The third-order valence-electron chi connectivity index (χ3n) is 6.05. The van der Waals surface area contributed by atoms with E-state index < -0.39 is 0 Å². The molecule has 5 rings (SSSR count). The third-order valence-corrected chi connectivity index (χ3v) is 6.05. The highest BCUT2D eigenvalue weighted by molar-refractivity contribution is 6.01. The van der Waals surface area contributed by atoms with Crippen LogP contribution < -0.4 is 10.1 Å². The molecule has 1 aliphatic carbocycles. The molecule has 6 nitrogen and oxygen atoms in total. The molecule has 0 spiro atoms. The van der Waals surface area contributed by atoms with Crippen molar-refractivity contribution >= 4 is 11.7 Å². The number of aromatic nitrogens is 1. The lowest BCUT2D eigenvalue weighted by Crippen LogP contribution is -2.29. The van der Waals surface area contributed by atoms with Crippen LogP contribution in [0.15, 0.2) is 64.3 Å². The van der Waals surface area contributed by atoms with E-state index in [1.54, 1.807) is 19.2 Å². The zero-order valence-electron chi connectivity index (χ0n) is 16.8. The average molecular weight is 402 g/mol. The van der Waals surface area contributed by atoms with Crippen molar-refractivity contribution in [1.82, 2.24) is 5.16 Å². The van der Waals surface area contributed by atoms with Gasteiger partial charge in [0.1, 0.15) is 11.5 Å². The number of allylic oxidation sites excluding steroid dienone is 2. The van der Waals surface area contributed by atoms with E-state index in [4.69, 9.17) is 9.26 Å². The number of carbonyl (C=O) groups excluding carboxylic acids is 1. The number of phenols is 1. The Labute approximate surface area is 174 Å². The van der Waals surface area contributed by atoms with Crippen molar-refractivity contribution in [3.05, 3.63) is 82.2 Å². The molecule has 2 aromatic carbocycles. The van der Waals surface area contributed by atoms with Crippen molar-refractivity contribution in [1.29, 1.82) is 0 Å². The van der Waals surface area contributed by atoms with Gasteiger partial charge in [0.15, 0.2) is 5.78 Å². The van der Waals surface area contributed by atoms with Crippen molar-refractivity contribution in [3.8, 4) is 11.5 Å². The lowest BCUT2D eigenvalue weighted by Gasteiger charge is -2.34. The second-order valence-electron chi connectivity index (χ2n) is 7.86. The van der Waals surface area contributed by atoms with Gasteiger partial charge in [-0.3, -0.25) is 4.79 Å². The molecule has 0 bridgehead atoms. The maximum atomic E-state index is 13.4. The Morgan fingerprint density at radius 1 is 1.13 bits per heavy atom. The molecule has 2 atom stereocenters. The van der Waals surface area contributed by atoms with Gasteiger partial charge in [0.25, 0.3) is 0 Å². The van der Waals surface area contributed by atoms with Gasteiger partial charge in [-0.05, 0) is 54.7 Å². The van der Waals surface area contributed by atoms with Gasteiger partial charge < -0.3 is 19.7 Å². The van der Waals surface area contributed by atoms with Gasteiger partial charge in [-0.1, -0.05) is 29.4 Å². The molecule has 2 N–H and O–H groups in total. The fourth-order valence-corrected chi connectivity index (χ4v) is 4.61. The maximum absolute atomic E-state index is 13.4. The summed E-state index contributed by atoms with van der Waals surface area (Å²) in [7, 11) is 1.64. The summed E-state index contributed by atoms with van der Waals surface area (Å²) in [5.74, 6) is 1.47. The van der Waals surface area contributed by atoms with E-state index >= 15 is 0 Å². The number of rotatable bonds is 3. The number of fused-ring (bicyclic) bond motifs is 1. The lowest BCUT2D eigenvalue weighted by atomic mass is 9.72. The molecule has 0 amide bonds. The van der Waals surface area contributed by atoms with E-state index in [9.17, 15) is 9.90 Å². The van der Waals surface area contributed by atoms with Crippen LogP contribution in [0.2, 0.25) is 0 Å². The number of hydrogen-bond donors (Lipinski definition) is 2. The number of anilines is 1. The number of ketones is 1. The first kappa shape index (κ1) is 18.5. The molecule has 30 heavy (non-hydrogen) atoms. The Balaban J connectivity index is 1.61. The topological polar surface area (TPSA) is 84.6 Å². The number of nitrogens with zero attached hydrogens (tertiary/aromatic N) is 1. The van der Waals surface area contributed by atoms with E-state index in [0.29, 0.717) is 18.7 Å². The summed E-state index contributed by atoms with van der Waals surface area (Å²) in [4.78, 5) is 13.4. The lowest BCUT2D eigenvalue weighted by molar-refractivity contribution is -0.116. The zero-order chi connectivity index (χ0) is 20.8. The van der Waals surface area contributed by atoms with Gasteiger partial charge in [-0.15, -0.1) is 0 Å². The smallest absolute Gasteiger partial charge is 0.233 e. The van der Waals surface area contributed by atoms with Crippen LogP contribution in [0, 0.1) is 6.92 Å². The molecule has 0 unspecified atom stereocenters. The van der Waals surface area contributed by atoms with Gasteiger partial charge >= 0.3 is 0 Å². The van der Waals surface area contributed by atoms with E-state index in [0.717, 1.165) is 39.4 Å². The van der Waals surface area contributed by atoms with Crippen LogP contribution in [0.4, 0.5) is 5.88 Å². The number of aryl methyl sites for hydroxylation is 1. The van der Waals surface area contributed by atoms with Gasteiger partial charge in [0.2, 0.25) is 5.88 Å². The second kappa shape index (κ2) is 7.06. The molecule has 6 heteroatoms. The number of nitrogens with one attached hydrogen (secondary N) is 1. The summed E-state index contributed by atoms with van der Waals surface area (Å²) in [6, 6.07) is 14.9. The molecule has 152 valence electrons. The monoisotopic (exact) mass is 402 g/mol. The fourth-order valence-electron chi connectivity index (χ4n) is 4.61. The maximum Gasteiger partial charge on any atom is 0.233 e. The molecule has 0 saturated heterocycles. The summed E-state index contributed by atoms with van der Waals surface area (Å²) in [5, 5.41) is 17.1. The van der Waals surface area contributed by atoms with Crippen molar-refractivity contribution in [2.75, 3.05) is 12.4 Å². The average Bonchev–Trinajstić information content (AvgIpc) is 3.13. The molecule has 0 radical (unpaired) electrons. The van der Waals surface area contributed by atoms with Crippen LogP contribution in [-0.2, 0) is 4.79 Å². The number of phenolic OH excluding ortho intramolecular Hbond substituents is 1. The zero-order valence-corrected chi connectivity index (χ0v) is 16.8. The normalized spacial score (nSPS) is 20.4. The summed E-state index contributed by atoms with van der Waals surface area (Å²) >= 11 is 0. The van der Waals surface area contributed by atoms with E-state index in [2.05, 4.69) is 10.5 Å². The third kappa shape index (κ3) is 2.96. The highest BCUT2D eigenvalue weighted by Gasteiger charge is 2.41. The minimum Gasteiger partial charge on any atom is -0.508 e. The Bertz CT molecular complexity index is 1160. The van der Waals surface area contributed by atoms with Gasteiger partial charge in [0, 0.05) is 23.6 Å². The molecule has 0 saturated carbocycles. The van der Waals surface area contributed by atoms with Crippen LogP contribution in [0.1, 0.15) is 47.1 Å². The van der Waals surface area contributed by atoms with Crippen LogP contribution in [0.25, 0.3) is 0 Å². The highest BCUT2D eigenvalue weighted by Crippen LogP contribution is 2.49. The fraction of sp³-hybridized carbons (Fsp3) is 0.250. The standard InChI is InChI=1S/C24H22N2O4/c1-13-21-22(15-4-3-5-18(10-15)29-2)23-19(25-24(21)30-26-13)11-16(12-20(23)28)14-6-8-17(27)9-7-14/h3-10,16,22,25,27H,11-12H2,1-2H3/t16-,22-/m0/s1. The predicted molar refractivity (Wildman–Crippen MR) is 112 cm³/mol. The Morgan fingerprint density at radius 2 is 1.93 bits per heavy atom. The van der Waals surface area contributed by atoms with Crippen LogP contribution in [0.3, 0.4) is 0 Å². The van der Waals surface area contributed by atoms with Gasteiger partial charge in [-0.2, -0.15) is 0 Å². The number of methoxy groups -OCH3 is 1. The van der Waals surface area contributed by atoms with Gasteiger partial charge in [0.05, 0.1) is 18.4 Å². The Kier molecular flexibility index (Phi) is 4.35. The summed E-state index contributed by atoms with van der Waals surface area (Å²) < 4.78 is 11.0. The minimum atomic E-state index is -0.245. The number of carbonyl (C=O) groups is 1. The van der Waals surface area contributed by atoms with Crippen molar-refractivity contribution in [3.63, 3.8) is 0 Å². The molecule has 1 aromatic heterocycles. The molecular formula is C24H22N2O4. The molecule has 2 aliphatic rings. The van der Waals surface area contributed by atoms with E-state index in [1.165, 1.54) is 0 Å². The quantitative estimate of drug-likeness (QED) is 0.663. The Morgan fingerprint density at radius 3 is 2.70 bits per heavy atom. The molecule has 1 aliphatic heterocycles. The number of ether oxygens (including phenoxy) is 1. The minimum absolute atomic E-state index is 0.0425. The summed E-state index contributed by atoms with van der Waals surface area (Å²) in [5.41, 5.74) is 5.33. The SMILES string of the molecule is COc1cccc([C@@H]2C3=C(C[C@H](c4ccc(O)cc4)CC3=O)Nc3onc(C)c32)c1. The summed E-state index contributed by atoms with van der Waals surface area (Å²) in [6.07, 6.45) is 1.11. The number of benzene rings is 2.